The topological polar surface area (TPSA) is 44.1 Å². The summed E-state index contributed by atoms with van der Waals surface area (Å²) in [5.41, 5.74) is 0. The number of unbranched alkanes of at least 4 members (excludes halogenated alkanes) is 33. The molecule has 0 spiro atoms. The molecule has 2 N–H and O–H groups in total. The summed E-state index contributed by atoms with van der Waals surface area (Å²) in [6, 6.07) is 0. The maximum absolute atomic E-state index is 12.6. The highest BCUT2D eigenvalue weighted by Crippen LogP contribution is 2.16. The molecule has 0 fully saturated rings. The summed E-state index contributed by atoms with van der Waals surface area (Å²) in [7, 11) is 0. The van der Waals surface area contributed by atoms with E-state index >= 15 is 0 Å². The molecule has 1 aliphatic heterocycles. The Hall–Kier alpha value is -1.06. The van der Waals surface area contributed by atoms with Crippen molar-refractivity contribution >= 4 is 11.7 Å². The summed E-state index contributed by atoms with van der Waals surface area (Å²) in [6.07, 6.45) is 50.9. The van der Waals surface area contributed by atoms with E-state index in [1.54, 1.807) is 0 Å². The van der Waals surface area contributed by atoms with Crippen LogP contribution in [0.4, 0.5) is 0 Å². The van der Waals surface area contributed by atoms with Crippen molar-refractivity contribution < 1.29 is 9.37 Å². The van der Waals surface area contributed by atoms with Crippen molar-refractivity contribution in [1.29, 1.82) is 0 Å². The van der Waals surface area contributed by atoms with Crippen molar-refractivity contribution in [3.8, 4) is 0 Å². The second kappa shape index (κ2) is 36.7. The zero-order chi connectivity index (χ0) is 35.3. The Morgan fingerprint density at radius 1 is 0.510 bits per heavy atom. The van der Waals surface area contributed by atoms with E-state index in [2.05, 4.69) is 36.0 Å². The highest BCUT2D eigenvalue weighted by atomic mass is 16.1. The summed E-state index contributed by atoms with van der Waals surface area (Å²) in [5, 5.41) is 6.90. The fraction of sp³-hybridized carbons (Fsp3) is 0.956. The number of nitrogens with zero attached hydrogens (tertiary/aromatic N) is 1. The predicted molar refractivity (Wildman–Crippen MR) is 218 cm³/mol. The van der Waals surface area contributed by atoms with Gasteiger partial charge in [-0.1, -0.05) is 226 Å². The molecule has 0 saturated heterocycles. The van der Waals surface area contributed by atoms with Crippen LogP contribution in [-0.2, 0) is 4.79 Å². The number of carbonyl (C=O) groups is 1. The van der Waals surface area contributed by atoms with E-state index in [-0.39, 0.29) is 12.1 Å². The highest BCUT2D eigenvalue weighted by molar-refractivity contribution is 5.79. The average molecular weight is 689 g/mol. The average Bonchev–Trinajstić information content (AvgIpc) is 3.58. The molecule has 1 amide bonds. The van der Waals surface area contributed by atoms with Crippen molar-refractivity contribution in [3.63, 3.8) is 0 Å². The van der Waals surface area contributed by atoms with Gasteiger partial charge in [0.2, 0.25) is 11.7 Å². The number of nitrogens with one attached hydrogen (secondary N) is 2. The molecule has 1 rings (SSSR count). The van der Waals surface area contributed by atoms with E-state index in [0.717, 1.165) is 25.9 Å². The molecule has 1 atom stereocenters. The summed E-state index contributed by atoms with van der Waals surface area (Å²) >= 11 is 0. The van der Waals surface area contributed by atoms with Crippen molar-refractivity contribution in [3.05, 3.63) is 0 Å². The first-order valence-electron chi connectivity index (χ1n) is 22.8. The zero-order valence-electron chi connectivity index (χ0n) is 34.0. The molecule has 0 aromatic rings. The Kier molecular flexibility index (Phi) is 34.4. The minimum absolute atomic E-state index is 0.0962. The van der Waals surface area contributed by atoms with Crippen LogP contribution in [0.3, 0.4) is 0 Å². The molecule has 0 aromatic heterocycles. The summed E-state index contributed by atoms with van der Waals surface area (Å²) in [5.74, 6) is 1.58. The fourth-order valence-corrected chi connectivity index (χ4v) is 7.80. The number of hydrogen-bond acceptors (Lipinski definition) is 2. The molecule has 0 radical (unpaired) electrons. The van der Waals surface area contributed by atoms with E-state index in [9.17, 15) is 4.79 Å². The van der Waals surface area contributed by atoms with Gasteiger partial charge < -0.3 is 5.32 Å². The second-order valence-corrected chi connectivity index (χ2v) is 16.0. The molecule has 0 bridgehead atoms. The SMILES string of the molecule is CCCCCCCCCCCCCCCCCCCCC1=[N+](C(C)NC(=O)CCCCCCCCCCCCCCCCCCC)CCN1. The van der Waals surface area contributed by atoms with Crippen LogP contribution in [-0.4, -0.2) is 35.6 Å². The van der Waals surface area contributed by atoms with Crippen molar-refractivity contribution in [2.24, 2.45) is 0 Å². The summed E-state index contributed by atoms with van der Waals surface area (Å²) in [6.45, 7) is 8.78. The smallest absolute Gasteiger partial charge is 0.246 e. The van der Waals surface area contributed by atoms with Gasteiger partial charge in [-0.2, -0.15) is 0 Å². The van der Waals surface area contributed by atoms with Crippen LogP contribution in [0.5, 0.6) is 0 Å². The second-order valence-electron chi connectivity index (χ2n) is 16.0. The van der Waals surface area contributed by atoms with Crippen LogP contribution in [0.2, 0.25) is 0 Å². The molecule has 1 aliphatic rings. The lowest BCUT2D eigenvalue weighted by molar-refractivity contribution is -0.558. The fourth-order valence-electron chi connectivity index (χ4n) is 7.80. The summed E-state index contributed by atoms with van der Waals surface area (Å²) in [4.78, 5) is 12.6. The Labute approximate surface area is 308 Å². The van der Waals surface area contributed by atoms with Gasteiger partial charge in [0, 0.05) is 12.8 Å². The minimum atomic E-state index is 0.0962. The van der Waals surface area contributed by atoms with E-state index in [1.165, 1.54) is 224 Å². The third-order valence-electron chi connectivity index (χ3n) is 11.1. The number of amidine groups is 1. The van der Waals surface area contributed by atoms with Crippen molar-refractivity contribution in [1.82, 2.24) is 10.6 Å². The van der Waals surface area contributed by atoms with Gasteiger partial charge in [0.15, 0.2) is 6.17 Å². The molecule has 1 heterocycles. The number of amides is 1. The Morgan fingerprint density at radius 2 is 0.816 bits per heavy atom. The quantitative estimate of drug-likeness (QED) is 0.0499. The molecule has 0 aromatic carbocycles. The number of rotatable bonds is 39. The molecule has 49 heavy (non-hydrogen) atoms. The van der Waals surface area contributed by atoms with Crippen LogP contribution in [0, 0.1) is 0 Å². The molecule has 290 valence electrons. The molecular formula is C45H90N3O+. The molecular weight excluding hydrogens is 599 g/mol. The normalized spacial score (nSPS) is 13.7. The van der Waals surface area contributed by atoms with E-state index in [4.69, 9.17) is 0 Å². The van der Waals surface area contributed by atoms with Gasteiger partial charge in [0.05, 0.1) is 0 Å². The van der Waals surface area contributed by atoms with Crippen molar-refractivity contribution in [2.45, 2.75) is 265 Å². The van der Waals surface area contributed by atoms with E-state index in [1.807, 2.05) is 0 Å². The third kappa shape index (κ3) is 30.3. The Morgan fingerprint density at radius 3 is 1.16 bits per heavy atom. The molecule has 4 heteroatoms. The van der Waals surface area contributed by atoms with Gasteiger partial charge in [-0.25, -0.2) is 4.58 Å². The maximum Gasteiger partial charge on any atom is 0.246 e. The molecule has 0 saturated carbocycles. The van der Waals surface area contributed by atoms with Crippen LogP contribution in [0.1, 0.15) is 258 Å². The molecule has 4 nitrogen and oxygen atoms in total. The van der Waals surface area contributed by atoms with Gasteiger partial charge >= 0.3 is 0 Å². The van der Waals surface area contributed by atoms with E-state index < -0.39 is 0 Å². The molecule has 1 unspecified atom stereocenters. The maximum atomic E-state index is 12.6. The Bertz CT molecular complexity index is 735. The summed E-state index contributed by atoms with van der Waals surface area (Å²) < 4.78 is 2.40. The first-order valence-corrected chi connectivity index (χ1v) is 22.8. The highest BCUT2D eigenvalue weighted by Gasteiger charge is 2.25. The van der Waals surface area contributed by atoms with Gasteiger partial charge in [-0.15, -0.1) is 0 Å². The first kappa shape index (κ1) is 46.0. The molecule has 0 aliphatic carbocycles. The van der Waals surface area contributed by atoms with Crippen LogP contribution in [0.15, 0.2) is 0 Å². The zero-order valence-corrected chi connectivity index (χ0v) is 34.0. The van der Waals surface area contributed by atoms with Crippen molar-refractivity contribution in [2.75, 3.05) is 13.1 Å². The number of hydrogen-bond donors (Lipinski definition) is 2. The lowest BCUT2D eigenvalue weighted by Gasteiger charge is -2.15. The van der Waals surface area contributed by atoms with E-state index in [0.29, 0.717) is 6.42 Å². The predicted octanol–water partition coefficient (Wildman–Crippen LogP) is 13.9. The van der Waals surface area contributed by atoms with Gasteiger partial charge in [-0.3, -0.25) is 10.1 Å². The lowest BCUT2D eigenvalue weighted by Crippen LogP contribution is -2.42. The van der Waals surface area contributed by atoms with Gasteiger partial charge in [0.25, 0.3) is 0 Å². The third-order valence-corrected chi connectivity index (χ3v) is 11.1. The number of carbonyl (C=O) groups excluding carboxylic acids is 1. The first-order chi connectivity index (χ1) is 24.2. The van der Waals surface area contributed by atoms with Crippen LogP contribution < -0.4 is 10.6 Å². The largest absolute Gasteiger partial charge is 0.318 e. The van der Waals surface area contributed by atoms with Crippen LogP contribution >= 0.6 is 0 Å². The van der Waals surface area contributed by atoms with Gasteiger partial charge in [-0.05, 0) is 19.8 Å². The standard InChI is InChI=1S/C45H89N3O/c1-4-6-8-10-12-14-16-18-20-22-24-25-27-29-31-33-35-37-39-44-46-41-42-48(44)43(3)47-45(49)40-38-36-34-32-30-28-26-23-21-19-17-15-13-11-9-7-5-2/h43H,4-42H2,1-3H3,(H,47,49)/p+1. The van der Waals surface area contributed by atoms with Gasteiger partial charge in [0.1, 0.15) is 13.1 Å². The van der Waals surface area contributed by atoms with Crippen LogP contribution in [0.25, 0.3) is 0 Å². The Balaban J connectivity index is 1.91. The monoisotopic (exact) mass is 689 g/mol. The lowest BCUT2D eigenvalue weighted by atomic mass is 10.0. The minimum Gasteiger partial charge on any atom is -0.318 e.